The van der Waals surface area contributed by atoms with Crippen LogP contribution in [0.3, 0.4) is 0 Å². The Kier molecular flexibility index (Phi) is 5.21. The van der Waals surface area contributed by atoms with Gasteiger partial charge in [0.05, 0.1) is 19.0 Å². The standard InChI is InChI=1S/C20H23N3O4/c1-20(2,3)27-19(24)22-15-10-11-23-17(18(15)25-4)16(12-21-23)26-13-14-8-6-5-7-9-14/h5-12H,13H2,1-4H3,(H,22,24). The van der Waals surface area contributed by atoms with E-state index in [0.29, 0.717) is 29.3 Å². The maximum absolute atomic E-state index is 12.1. The Labute approximate surface area is 157 Å². The minimum Gasteiger partial charge on any atom is -0.492 e. The van der Waals surface area contributed by atoms with Crippen LogP contribution in [-0.2, 0) is 11.3 Å². The van der Waals surface area contributed by atoms with E-state index in [-0.39, 0.29) is 0 Å². The van der Waals surface area contributed by atoms with Gasteiger partial charge in [-0.15, -0.1) is 0 Å². The van der Waals surface area contributed by atoms with Crippen molar-refractivity contribution in [3.05, 3.63) is 54.4 Å². The molecule has 0 aliphatic carbocycles. The van der Waals surface area contributed by atoms with E-state index in [1.165, 1.54) is 7.11 Å². The molecule has 7 heteroatoms. The smallest absolute Gasteiger partial charge is 0.412 e. The molecule has 142 valence electrons. The number of nitrogens with one attached hydrogen (secondary N) is 1. The number of aromatic nitrogens is 2. The average molecular weight is 369 g/mol. The molecule has 3 rings (SSSR count). The third kappa shape index (κ3) is 4.49. The van der Waals surface area contributed by atoms with Gasteiger partial charge in [-0.2, -0.15) is 5.10 Å². The van der Waals surface area contributed by atoms with Gasteiger partial charge in [-0.1, -0.05) is 30.3 Å². The summed E-state index contributed by atoms with van der Waals surface area (Å²) >= 11 is 0. The van der Waals surface area contributed by atoms with Crippen LogP contribution in [0.1, 0.15) is 26.3 Å². The Morgan fingerprint density at radius 2 is 1.93 bits per heavy atom. The number of carbonyl (C=O) groups excluding carboxylic acids is 1. The molecular weight excluding hydrogens is 346 g/mol. The van der Waals surface area contributed by atoms with Crippen LogP contribution < -0.4 is 14.8 Å². The van der Waals surface area contributed by atoms with E-state index in [1.54, 1.807) is 43.7 Å². The maximum atomic E-state index is 12.1. The monoisotopic (exact) mass is 369 g/mol. The third-order valence-corrected chi connectivity index (χ3v) is 3.68. The second kappa shape index (κ2) is 7.57. The summed E-state index contributed by atoms with van der Waals surface area (Å²) in [5, 5.41) is 7.01. The number of fused-ring (bicyclic) bond motifs is 1. The highest BCUT2D eigenvalue weighted by Gasteiger charge is 2.20. The summed E-state index contributed by atoms with van der Waals surface area (Å²) in [6.07, 6.45) is 2.79. The lowest BCUT2D eigenvalue weighted by molar-refractivity contribution is 0.0635. The van der Waals surface area contributed by atoms with Crippen LogP contribution in [0.15, 0.2) is 48.8 Å². The average Bonchev–Trinajstić information content (AvgIpc) is 3.02. The minimum absolute atomic E-state index is 0.398. The predicted octanol–water partition coefficient (Wildman–Crippen LogP) is 4.27. The van der Waals surface area contributed by atoms with E-state index in [9.17, 15) is 4.79 Å². The van der Waals surface area contributed by atoms with Gasteiger partial charge in [0.15, 0.2) is 17.0 Å². The molecule has 2 heterocycles. The molecule has 0 bridgehead atoms. The number of hydrogen-bond donors (Lipinski definition) is 1. The number of methoxy groups -OCH3 is 1. The van der Waals surface area contributed by atoms with E-state index < -0.39 is 11.7 Å². The molecule has 3 aromatic rings. The van der Waals surface area contributed by atoms with Crippen molar-refractivity contribution >= 4 is 17.3 Å². The third-order valence-electron chi connectivity index (χ3n) is 3.68. The number of hydrogen-bond acceptors (Lipinski definition) is 5. The number of pyridine rings is 1. The van der Waals surface area contributed by atoms with Gasteiger partial charge >= 0.3 is 6.09 Å². The molecule has 0 saturated carbocycles. The van der Waals surface area contributed by atoms with Gasteiger partial charge in [0.2, 0.25) is 0 Å². The van der Waals surface area contributed by atoms with Crippen LogP contribution in [0.4, 0.5) is 10.5 Å². The van der Waals surface area contributed by atoms with Crippen molar-refractivity contribution in [3.8, 4) is 11.5 Å². The second-order valence-corrected chi connectivity index (χ2v) is 6.97. The molecule has 0 saturated heterocycles. The zero-order valence-corrected chi connectivity index (χ0v) is 15.9. The van der Waals surface area contributed by atoms with Crippen LogP contribution in [-0.4, -0.2) is 28.4 Å². The lowest BCUT2D eigenvalue weighted by atomic mass is 10.2. The number of amides is 1. The fraction of sp³-hybridized carbons (Fsp3) is 0.300. The van der Waals surface area contributed by atoms with Crippen molar-refractivity contribution in [2.45, 2.75) is 33.0 Å². The summed E-state index contributed by atoms with van der Waals surface area (Å²) in [6.45, 7) is 5.81. The number of anilines is 1. The molecule has 0 unspecified atom stereocenters. The largest absolute Gasteiger partial charge is 0.492 e. The molecule has 0 radical (unpaired) electrons. The van der Waals surface area contributed by atoms with E-state index in [2.05, 4.69) is 10.4 Å². The van der Waals surface area contributed by atoms with Crippen molar-refractivity contribution < 1.29 is 19.0 Å². The van der Waals surface area contributed by atoms with Crippen LogP contribution >= 0.6 is 0 Å². The van der Waals surface area contributed by atoms with Crippen LogP contribution in [0.2, 0.25) is 0 Å². The second-order valence-electron chi connectivity index (χ2n) is 6.97. The Hall–Kier alpha value is -3.22. The molecule has 0 spiro atoms. The van der Waals surface area contributed by atoms with Crippen LogP contribution in [0, 0.1) is 0 Å². The SMILES string of the molecule is COc1c(NC(=O)OC(C)(C)C)ccn2ncc(OCc3ccccc3)c12. The summed E-state index contributed by atoms with van der Waals surface area (Å²) < 4.78 is 18.4. The Morgan fingerprint density at radius 1 is 1.19 bits per heavy atom. The van der Waals surface area contributed by atoms with Gasteiger partial charge in [-0.05, 0) is 32.4 Å². The van der Waals surface area contributed by atoms with Crippen molar-refractivity contribution in [3.63, 3.8) is 0 Å². The Balaban J connectivity index is 1.87. The molecule has 0 fully saturated rings. The lowest BCUT2D eigenvalue weighted by Gasteiger charge is -2.20. The molecular formula is C20H23N3O4. The molecule has 0 aliphatic rings. The minimum atomic E-state index is -0.595. The number of carbonyl (C=O) groups is 1. The van der Waals surface area contributed by atoms with Gasteiger partial charge in [-0.25, -0.2) is 9.31 Å². The topological polar surface area (TPSA) is 74.1 Å². The Morgan fingerprint density at radius 3 is 2.59 bits per heavy atom. The fourth-order valence-corrected chi connectivity index (χ4v) is 2.58. The van der Waals surface area contributed by atoms with Gasteiger partial charge < -0.3 is 14.2 Å². The highest BCUT2D eigenvalue weighted by molar-refractivity contribution is 5.90. The van der Waals surface area contributed by atoms with Crippen molar-refractivity contribution in [1.82, 2.24) is 9.61 Å². The molecule has 1 N–H and O–H groups in total. The van der Waals surface area contributed by atoms with Crippen LogP contribution in [0.5, 0.6) is 11.5 Å². The first kappa shape index (κ1) is 18.6. The number of rotatable bonds is 5. The summed E-state index contributed by atoms with van der Waals surface area (Å²) in [7, 11) is 1.53. The molecule has 1 aromatic carbocycles. The molecule has 0 aliphatic heterocycles. The van der Waals surface area contributed by atoms with Gasteiger partial charge in [-0.3, -0.25) is 5.32 Å². The quantitative estimate of drug-likeness (QED) is 0.727. The summed E-state index contributed by atoms with van der Waals surface area (Å²) in [6, 6.07) is 11.5. The first-order valence-corrected chi connectivity index (χ1v) is 8.58. The first-order valence-electron chi connectivity index (χ1n) is 8.58. The highest BCUT2D eigenvalue weighted by Crippen LogP contribution is 2.36. The van der Waals surface area contributed by atoms with Crippen molar-refractivity contribution in [2.75, 3.05) is 12.4 Å². The fourth-order valence-electron chi connectivity index (χ4n) is 2.58. The summed E-state index contributed by atoms with van der Waals surface area (Å²) in [4.78, 5) is 12.1. The number of benzene rings is 1. The van der Waals surface area contributed by atoms with Gasteiger partial charge in [0.1, 0.15) is 12.2 Å². The summed E-state index contributed by atoms with van der Waals surface area (Å²) in [5.41, 5.74) is 1.55. The van der Waals surface area contributed by atoms with Crippen molar-refractivity contribution in [2.24, 2.45) is 0 Å². The first-order chi connectivity index (χ1) is 12.9. The van der Waals surface area contributed by atoms with Gasteiger partial charge in [0, 0.05) is 6.20 Å². The van der Waals surface area contributed by atoms with Crippen molar-refractivity contribution in [1.29, 1.82) is 0 Å². The zero-order chi connectivity index (χ0) is 19.4. The predicted molar refractivity (Wildman–Crippen MR) is 102 cm³/mol. The lowest BCUT2D eigenvalue weighted by Crippen LogP contribution is -2.27. The van der Waals surface area contributed by atoms with E-state index >= 15 is 0 Å². The van der Waals surface area contributed by atoms with E-state index in [4.69, 9.17) is 14.2 Å². The maximum Gasteiger partial charge on any atom is 0.412 e. The summed E-state index contributed by atoms with van der Waals surface area (Å²) in [5.74, 6) is 1.01. The van der Waals surface area contributed by atoms with Crippen LogP contribution in [0.25, 0.3) is 5.52 Å². The Bertz CT molecular complexity index is 930. The van der Waals surface area contributed by atoms with E-state index in [1.807, 2.05) is 30.3 Å². The van der Waals surface area contributed by atoms with E-state index in [0.717, 1.165) is 5.56 Å². The molecule has 2 aromatic heterocycles. The zero-order valence-electron chi connectivity index (χ0n) is 15.9. The molecule has 1 amide bonds. The van der Waals surface area contributed by atoms with Gasteiger partial charge in [0.25, 0.3) is 0 Å². The number of ether oxygens (including phenoxy) is 3. The molecule has 27 heavy (non-hydrogen) atoms. The molecule has 7 nitrogen and oxygen atoms in total. The normalized spacial score (nSPS) is 11.3. The highest BCUT2D eigenvalue weighted by atomic mass is 16.6. The molecule has 0 atom stereocenters. The number of nitrogens with zero attached hydrogens (tertiary/aromatic N) is 2.